The van der Waals surface area contributed by atoms with Crippen molar-refractivity contribution in [2.75, 3.05) is 18.4 Å². The van der Waals surface area contributed by atoms with Crippen molar-refractivity contribution in [3.05, 3.63) is 42.1 Å². The Morgan fingerprint density at radius 3 is 2.50 bits per heavy atom. The third-order valence-electron chi connectivity index (χ3n) is 4.55. The number of hydrogen-bond acceptors (Lipinski definition) is 7. The Morgan fingerprint density at radius 2 is 1.90 bits per heavy atom. The van der Waals surface area contributed by atoms with Crippen LogP contribution in [0.1, 0.15) is 37.0 Å². The fraction of sp³-hybridized carbons (Fsp3) is 0.368. The maximum absolute atomic E-state index is 12.8. The highest BCUT2D eigenvalue weighted by Crippen LogP contribution is 2.20. The minimum Gasteiger partial charge on any atom is -0.401 e. The van der Waals surface area contributed by atoms with Gasteiger partial charge in [0.1, 0.15) is 5.69 Å². The maximum Gasteiger partial charge on any atom is 0.322 e. The summed E-state index contributed by atoms with van der Waals surface area (Å²) in [7, 11) is -1.87. The predicted octanol–water partition coefficient (Wildman–Crippen LogP) is 2.53. The van der Waals surface area contributed by atoms with Crippen LogP contribution < -0.4 is 5.32 Å². The van der Waals surface area contributed by atoms with Gasteiger partial charge in [0.05, 0.1) is 4.90 Å². The molecule has 0 aliphatic carbocycles. The van der Waals surface area contributed by atoms with Crippen molar-refractivity contribution in [2.45, 2.75) is 31.6 Å². The molecule has 2 heterocycles. The van der Waals surface area contributed by atoms with Crippen LogP contribution in [0.3, 0.4) is 0 Å². The molecule has 0 saturated heterocycles. The highest BCUT2D eigenvalue weighted by Gasteiger charge is 2.23. The first-order valence-corrected chi connectivity index (χ1v) is 11.0. The summed E-state index contributed by atoms with van der Waals surface area (Å²) < 4.78 is 34.0. The van der Waals surface area contributed by atoms with Gasteiger partial charge in [-0.1, -0.05) is 25.4 Å². The smallest absolute Gasteiger partial charge is 0.322 e. The van der Waals surface area contributed by atoms with E-state index in [0.29, 0.717) is 18.8 Å². The zero-order chi connectivity index (χ0) is 21.7. The van der Waals surface area contributed by atoms with Crippen LogP contribution in [0.15, 0.2) is 45.8 Å². The van der Waals surface area contributed by atoms with E-state index in [1.54, 1.807) is 30.9 Å². The molecule has 0 aliphatic rings. The quantitative estimate of drug-likeness (QED) is 0.551. The predicted molar refractivity (Wildman–Crippen MR) is 110 cm³/mol. The lowest BCUT2D eigenvalue weighted by Gasteiger charge is -2.20. The van der Waals surface area contributed by atoms with Gasteiger partial charge >= 0.3 is 6.01 Å². The van der Waals surface area contributed by atoms with E-state index in [2.05, 4.69) is 20.6 Å². The van der Waals surface area contributed by atoms with Crippen LogP contribution in [-0.4, -0.2) is 51.7 Å². The molecule has 10 nitrogen and oxygen atoms in total. The number of carbonyl (C=O) groups excluding carboxylic acids is 1. The van der Waals surface area contributed by atoms with Crippen molar-refractivity contribution in [2.24, 2.45) is 7.05 Å². The van der Waals surface area contributed by atoms with Gasteiger partial charge < -0.3 is 4.42 Å². The minimum atomic E-state index is -3.60. The lowest BCUT2D eigenvalue weighted by Crippen LogP contribution is -2.31. The average molecular weight is 433 g/mol. The second-order valence-corrected chi connectivity index (χ2v) is 8.52. The van der Waals surface area contributed by atoms with Crippen LogP contribution in [0.4, 0.5) is 6.01 Å². The monoisotopic (exact) mass is 432 g/mol. The van der Waals surface area contributed by atoms with Crippen LogP contribution >= 0.6 is 0 Å². The van der Waals surface area contributed by atoms with E-state index >= 15 is 0 Å². The molecule has 3 rings (SSSR count). The van der Waals surface area contributed by atoms with Crippen molar-refractivity contribution >= 4 is 21.9 Å². The number of sulfonamides is 1. The van der Waals surface area contributed by atoms with Gasteiger partial charge in [-0.25, -0.2) is 8.42 Å². The number of carbonyl (C=O) groups is 1. The SMILES string of the molecule is CCCCN(CC)S(=O)(=O)c1ccc(C(=O)Nc2nnc(-c3ccnn3C)o2)cc1. The number of benzene rings is 1. The third-order valence-corrected chi connectivity index (χ3v) is 6.54. The first-order chi connectivity index (χ1) is 14.4. The molecule has 160 valence electrons. The summed E-state index contributed by atoms with van der Waals surface area (Å²) in [4.78, 5) is 12.6. The van der Waals surface area contributed by atoms with Crippen LogP contribution in [0, 0.1) is 0 Å². The normalized spacial score (nSPS) is 11.7. The van der Waals surface area contributed by atoms with Gasteiger partial charge in [-0.3, -0.25) is 14.8 Å². The molecule has 0 unspecified atom stereocenters. The van der Waals surface area contributed by atoms with Gasteiger partial charge in [0.25, 0.3) is 11.8 Å². The molecular weight excluding hydrogens is 408 g/mol. The highest BCUT2D eigenvalue weighted by atomic mass is 32.2. The van der Waals surface area contributed by atoms with E-state index in [4.69, 9.17) is 4.42 Å². The number of aromatic nitrogens is 4. The summed E-state index contributed by atoms with van der Waals surface area (Å²) in [6.45, 7) is 4.67. The average Bonchev–Trinajstić information content (AvgIpc) is 3.37. The number of anilines is 1. The van der Waals surface area contributed by atoms with Crippen molar-refractivity contribution in [3.63, 3.8) is 0 Å². The molecule has 0 fully saturated rings. The molecule has 0 aliphatic heterocycles. The summed E-state index contributed by atoms with van der Waals surface area (Å²) in [5.41, 5.74) is 0.881. The summed E-state index contributed by atoms with van der Waals surface area (Å²) >= 11 is 0. The molecule has 1 amide bonds. The van der Waals surface area contributed by atoms with E-state index in [1.165, 1.54) is 28.6 Å². The number of unbranched alkanes of at least 4 members (excludes halogenated alkanes) is 1. The molecule has 0 atom stereocenters. The van der Waals surface area contributed by atoms with Crippen molar-refractivity contribution in [1.29, 1.82) is 0 Å². The van der Waals surface area contributed by atoms with Crippen LogP contribution in [0.25, 0.3) is 11.6 Å². The molecule has 0 saturated carbocycles. The van der Waals surface area contributed by atoms with Crippen molar-refractivity contribution in [3.8, 4) is 11.6 Å². The van der Waals surface area contributed by atoms with Crippen LogP contribution in [0.2, 0.25) is 0 Å². The summed E-state index contributed by atoms with van der Waals surface area (Å²) in [6.07, 6.45) is 3.29. The molecule has 1 N–H and O–H groups in total. The fourth-order valence-corrected chi connectivity index (χ4v) is 4.33. The Bertz CT molecular complexity index is 1100. The zero-order valence-electron chi connectivity index (χ0n) is 17.1. The van der Waals surface area contributed by atoms with Gasteiger partial charge in [-0.2, -0.15) is 9.40 Å². The van der Waals surface area contributed by atoms with E-state index < -0.39 is 15.9 Å². The van der Waals surface area contributed by atoms with Gasteiger partial charge in [0.2, 0.25) is 10.0 Å². The minimum absolute atomic E-state index is 0.0652. The first kappa shape index (κ1) is 21.7. The van der Waals surface area contributed by atoms with E-state index in [9.17, 15) is 13.2 Å². The number of aryl methyl sites for hydroxylation is 1. The second kappa shape index (κ2) is 9.18. The molecule has 11 heteroatoms. The number of nitrogens with zero attached hydrogens (tertiary/aromatic N) is 5. The Kier molecular flexibility index (Phi) is 6.63. The second-order valence-electron chi connectivity index (χ2n) is 6.58. The van der Waals surface area contributed by atoms with Gasteiger partial charge in [0.15, 0.2) is 0 Å². The van der Waals surface area contributed by atoms with Crippen LogP contribution in [0.5, 0.6) is 0 Å². The van der Waals surface area contributed by atoms with Gasteiger partial charge in [0, 0.05) is 31.9 Å². The van der Waals surface area contributed by atoms with Gasteiger partial charge in [-0.15, -0.1) is 5.10 Å². The number of amides is 1. The zero-order valence-corrected chi connectivity index (χ0v) is 17.9. The molecule has 30 heavy (non-hydrogen) atoms. The molecule has 1 aromatic carbocycles. The Morgan fingerprint density at radius 1 is 1.17 bits per heavy atom. The molecule has 2 aromatic heterocycles. The summed E-state index contributed by atoms with van der Waals surface area (Å²) in [5, 5.41) is 14.2. The van der Waals surface area contributed by atoms with Crippen molar-refractivity contribution < 1.29 is 17.6 Å². The Balaban J connectivity index is 1.71. The largest absolute Gasteiger partial charge is 0.401 e. The summed E-state index contributed by atoms with van der Waals surface area (Å²) in [5.74, 6) is -0.268. The lowest BCUT2D eigenvalue weighted by atomic mass is 10.2. The fourth-order valence-electron chi connectivity index (χ4n) is 2.84. The topological polar surface area (TPSA) is 123 Å². The lowest BCUT2D eigenvalue weighted by molar-refractivity contribution is 0.102. The van der Waals surface area contributed by atoms with E-state index in [0.717, 1.165) is 12.8 Å². The van der Waals surface area contributed by atoms with Crippen LogP contribution in [-0.2, 0) is 17.1 Å². The summed E-state index contributed by atoms with van der Waals surface area (Å²) in [6, 6.07) is 7.40. The molecule has 0 bridgehead atoms. The molecular formula is C19H24N6O4S. The number of nitrogens with one attached hydrogen (secondary N) is 1. The molecule has 0 radical (unpaired) electrons. The Hall–Kier alpha value is -3.05. The maximum atomic E-state index is 12.8. The van der Waals surface area contributed by atoms with Gasteiger partial charge in [-0.05, 0) is 36.8 Å². The van der Waals surface area contributed by atoms with Crippen molar-refractivity contribution in [1.82, 2.24) is 24.3 Å². The number of rotatable bonds is 9. The molecule has 3 aromatic rings. The number of hydrogen-bond donors (Lipinski definition) is 1. The standard InChI is InChI=1S/C19H24N6O4S/c1-4-6-13-25(5-2)30(27,28)15-9-7-14(8-10-15)17(26)21-19-23-22-18(29-19)16-11-12-20-24(16)3/h7-12H,4-6,13H2,1-3H3,(H,21,23,26). The van der Waals surface area contributed by atoms with E-state index in [-0.39, 0.29) is 22.4 Å². The third kappa shape index (κ3) is 4.57. The molecule has 0 spiro atoms. The highest BCUT2D eigenvalue weighted by molar-refractivity contribution is 7.89. The Labute approximate surface area is 175 Å². The van der Waals surface area contributed by atoms with E-state index in [1.807, 2.05) is 6.92 Å². The first-order valence-electron chi connectivity index (χ1n) is 9.60.